The molecule has 2 amide bonds. The first-order chi connectivity index (χ1) is 23.7. The third-order valence-corrected chi connectivity index (χ3v) is 8.17. The molecule has 0 spiro atoms. The average molecular weight is 677 g/mol. The average Bonchev–Trinajstić information content (AvgIpc) is 3.09. The molecule has 1 N–H and O–H groups in total. The number of nitrogens with zero attached hydrogens (tertiary/aromatic N) is 1. The highest BCUT2D eigenvalue weighted by atomic mass is 16.6. The number of carbonyl (C=O) groups excluding carboxylic acids is 2. The third-order valence-electron chi connectivity index (χ3n) is 8.17. The number of carbonyl (C=O) groups is 2. The van der Waals surface area contributed by atoms with E-state index in [-0.39, 0.29) is 30.6 Å². The van der Waals surface area contributed by atoms with E-state index in [1.165, 1.54) is 0 Å². The van der Waals surface area contributed by atoms with Crippen LogP contribution in [0.5, 0.6) is 11.5 Å². The Morgan fingerprint density at radius 3 is 2.33 bits per heavy atom. The molecule has 3 aromatic carbocycles. The van der Waals surface area contributed by atoms with Crippen LogP contribution in [0.25, 0.3) is 0 Å². The molecular formula is C39H52N2O8. The van der Waals surface area contributed by atoms with Crippen LogP contribution in [0.15, 0.2) is 72.8 Å². The van der Waals surface area contributed by atoms with Crippen molar-refractivity contribution in [2.45, 2.75) is 77.3 Å². The fourth-order valence-corrected chi connectivity index (χ4v) is 5.68. The fraction of sp³-hybridized carbons (Fsp3) is 0.487. The zero-order valence-corrected chi connectivity index (χ0v) is 29.6. The number of methoxy groups -OCH3 is 2. The summed E-state index contributed by atoms with van der Waals surface area (Å²) in [5.74, 6) is 1.59. The Morgan fingerprint density at radius 2 is 1.59 bits per heavy atom. The molecule has 0 radical (unpaired) electrons. The summed E-state index contributed by atoms with van der Waals surface area (Å²) in [6, 6.07) is 23.6. The molecule has 3 aromatic rings. The summed E-state index contributed by atoms with van der Waals surface area (Å²) < 4.78 is 34.5. The molecule has 4 rings (SSSR count). The van der Waals surface area contributed by atoms with E-state index in [9.17, 15) is 9.59 Å². The Labute approximate surface area is 291 Å². The largest absolute Gasteiger partial charge is 0.496 e. The summed E-state index contributed by atoms with van der Waals surface area (Å²) >= 11 is 0. The molecule has 0 bridgehead atoms. The van der Waals surface area contributed by atoms with Gasteiger partial charge in [0.15, 0.2) is 0 Å². The van der Waals surface area contributed by atoms with Gasteiger partial charge in [0.25, 0.3) is 0 Å². The maximum Gasteiger partial charge on any atom is 0.410 e. The number of benzene rings is 3. The Kier molecular flexibility index (Phi) is 14.7. The molecule has 2 atom stereocenters. The van der Waals surface area contributed by atoms with Gasteiger partial charge in [-0.1, -0.05) is 48.5 Å². The summed E-state index contributed by atoms with van der Waals surface area (Å²) in [7, 11) is 3.29. The Bertz CT molecular complexity index is 1460. The first kappa shape index (κ1) is 37.7. The quantitative estimate of drug-likeness (QED) is 0.148. The van der Waals surface area contributed by atoms with Crippen LogP contribution in [-0.4, -0.2) is 75.7 Å². The molecule has 2 unspecified atom stereocenters. The summed E-state index contributed by atoms with van der Waals surface area (Å²) in [6.07, 6.45) is 1.85. The summed E-state index contributed by atoms with van der Waals surface area (Å²) in [6.45, 7) is 8.95. The van der Waals surface area contributed by atoms with E-state index in [4.69, 9.17) is 28.4 Å². The van der Waals surface area contributed by atoms with Crippen molar-refractivity contribution in [3.63, 3.8) is 0 Å². The predicted molar refractivity (Wildman–Crippen MR) is 189 cm³/mol. The summed E-state index contributed by atoms with van der Waals surface area (Å²) in [5, 5.41) is 3.01. The molecule has 1 heterocycles. The topological polar surface area (TPSA) is 105 Å². The molecule has 10 heteroatoms. The lowest BCUT2D eigenvalue weighted by molar-refractivity contribution is -0.116. The minimum Gasteiger partial charge on any atom is -0.496 e. The summed E-state index contributed by atoms with van der Waals surface area (Å²) in [4.78, 5) is 27.3. The maximum absolute atomic E-state index is 13.0. The van der Waals surface area contributed by atoms with Gasteiger partial charge in [0.05, 0.1) is 46.2 Å². The van der Waals surface area contributed by atoms with Crippen molar-refractivity contribution < 1.29 is 38.0 Å². The highest BCUT2D eigenvalue weighted by molar-refractivity contribution is 5.91. The van der Waals surface area contributed by atoms with Gasteiger partial charge in [0.1, 0.15) is 17.1 Å². The van der Waals surface area contributed by atoms with Crippen molar-refractivity contribution in [2.75, 3.05) is 52.4 Å². The van der Waals surface area contributed by atoms with Gasteiger partial charge in [0.2, 0.25) is 5.91 Å². The lowest BCUT2D eigenvalue weighted by Crippen LogP contribution is -2.48. The zero-order valence-electron chi connectivity index (χ0n) is 29.6. The lowest BCUT2D eigenvalue weighted by Gasteiger charge is -2.39. The van der Waals surface area contributed by atoms with E-state index in [0.717, 1.165) is 34.6 Å². The lowest BCUT2D eigenvalue weighted by atomic mass is 9.87. The monoisotopic (exact) mass is 676 g/mol. The number of para-hydroxylation sites is 2. The van der Waals surface area contributed by atoms with Gasteiger partial charge in [-0.05, 0) is 63.4 Å². The van der Waals surface area contributed by atoms with Crippen LogP contribution in [0.1, 0.15) is 69.1 Å². The van der Waals surface area contributed by atoms with Crippen molar-refractivity contribution in [3.05, 3.63) is 89.5 Å². The highest BCUT2D eigenvalue weighted by Gasteiger charge is 2.35. The van der Waals surface area contributed by atoms with Crippen LogP contribution in [0.3, 0.4) is 0 Å². The molecule has 10 nitrogen and oxygen atoms in total. The predicted octanol–water partition coefficient (Wildman–Crippen LogP) is 7.36. The number of ether oxygens (including phenoxy) is 6. The number of rotatable bonds is 17. The Morgan fingerprint density at radius 1 is 0.857 bits per heavy atom. The third kappa shape index (κ3) is 12.4. The fourth-order valence-electron chi connectivity index (χ4n) is 5.68. The second kappa shape index (κ2) is 19.2. The van der Waals surface area contributed by atoms with E-state index in [1.54, 1.807) is 19.1 Å². The molecule has 0 aliphatic carbocycles. The molecule has 1 fully saturated rings. The van der Waals surface area contributed by atoms with Crippen molar-refractivity contribution in [1.82, 2.24) is 4.90 Å². The number of hydrogen-bond acceptors (Lipinski definition) is 8. The van der Waals surface area contributed by atoms with Crippen LogP contribution in [0.4, 0.5) is 10.5 Å². The number of nitrogens with one attached hydrogen (secondary N) is 1. The van der Waals surface area contributed by atoms with Gasteiger partial charge < -0.3 is 38.6 Å². The maximum atomic E-state index is 13.0. The minimum absolute atomic E-state index is 0.0481. The molecule has 1 saturated heterocycles. The smallest absolute Gasteiger partial charge is 0.410 e. The van der Waals surface area contributed by atoms with Crippen LogP contribution in [-0.2, 0) is 37.0 Å². The van der Waals surface area contributed by atoms with Crippen LogP contribution >= 0.6 is 0 Å². The molecule has 1 aliphatic heterocycles. The van der Waals surface area contributed by atoms with E-state index < -0.39 is 5.60 Å². The highest BCUT2D eigenvalue weighted by Crippen LogP contribution is 2.33. The molecule has 49 heavy (non-hydrogen) atoms. The number of piperidine rings is 1. The first-order valence-electron chi connectivity index (χ1n) is 17.1. The van der Waals surface area contributed by atoms with E-state index in [2.05, 4.69) is 17.4 Å². The van der Waals surface area contributed by atoms with E-state index >= 15 is 0 Å². The number of amides is 2. The van der Waals surface area contributed by atoms with Crippen LogP contribution < -0.4 is 14.8 Å². The van der Waals surface area contributed by atoms with Crippen molar-refractivity contribution >= 4 is 17.7 Å². The van der Waals surface area contributed by atoms with Crippen LogP contribution in [0.2, 0.25) is 0 Å². The molecule has 266 valence electrons. The molecule has 0 aromatic heterocycles. The number of anilines is 1. The van der Waals surface area contributed by atoms with E-state index in [0.29, 0.717) is 64.5 Å². The van der Waals surface area contributed by atoms with Gasteiger partial charge in [-0.15, -0.1) is 0 Å². The number of likely N-dealkylation sites (tertiary alicyclic amines) is 1. The second-order valence-electron chi connectivity index (χ2n) is 13.1. The van der Waals surface area contributed by atoms with E-state index in [1.807, 2.05) is 81.4 Å². The zero-order chi connectivity index (χ0) is 35.1. The standard InChI is InChI=1S/C39H52N2O8/c1-39(2,3)49-38(43)41-22-21-33(36(26-41)48-28-30-12-6-8-14-34(30)40-37(42)16-10-23-44-4)29-17-19-32(20-18-29)47-25-11-24-46-27-31-13-7-9-15-35(31)45-5/h6-9,12-15,17-20,33,36H,10-11,16,21-28H2,1-5H3,(H,40,42). The Balaban J connectivity index is 1.35. The summed E-state index contributed by atoms with van der Waals surface area (Å²) in [5.41, 5.74) is 3.12. The SMILES string of the molecule is COCCCC(=O)Nc1ccccc1COC1CN(C(=O)OC(C)(C)C)CCC1c1ccc(OCCCOCc2ccccc2OC)cc1. The van der Waals surface area contributed by atoms with Gasteiger partial charge in [-0.2, -0.15) is 0 Å². The van der Waals surface area contributed by atoms with Gasteiger partial charge in [-0.25, -0.2) is 4.79 Å². The number of hydrogen-bond donors (Lipinski definition) is 1. The molecule has 1 aliphatic rings. The van der Waals surface area contributed by atoms with Gasteiger partial charge >= 0.3 is 6.09 Å². The molecule has 0 saturated carbocycles. The second-order valence-corrected chi connectivity index (χ2v) is 13.1. The normalized spacial score (nSPS) is 16.2. The van der Waals surface area contributed by atoms with Crippen molar-refractivity contribution in [3.8, 4) is 11.5 Å². The van der Waals surface area contributed by atoms with Gasteiger partial charge in [-0.3, -0.25) is 4.79 Å². The minimum atomic E-state index is -0.595. The molecular weight excluding hydrogens is 624 g/mol. The van der Waals surface area contributed by atoms with Gasteiger partial charge in [0, 0.05) is 55.8 Å². The van der Waals surface area contributed by atoms with Crippen LogP contribution in [0, 0.1) is 0 Å². The van der Waals surface area contributed by atoms with Crippen molar-refractivity contribution in [2.24, 2.45) is 0 Å². The Hall–Kier alpha value is -4.12. The van der Waals surface area contributed by atoms with Crippen molar-refractivity contribution in [1.29, 1.82) is 0 Å². The first-order valence-corrected chi connectivity index (χ1v) is 17.1.